The summed E-state index contributed by atoms with van der Waals surface area (Å²) in [5.74, 6) is 0. The third-order valence-corrected chi connectivity index (χ3v) is 15.7. The van der Waals surface area contributed by atoms with E-state index < -0.39 is 0 Å². The maximum absolute atomic E-state index is 2.53. The molecular formula is C60H40BNS2. The van der Waals surface area contributed by atoms with Gasteiger partial charge in [-0.1, -0.05) is 198 Å². The van der Waals surface area contributed by atoms with E-state index >= 15 is 0 Å². The topological polar surface area (TPSA) is 3.24 Å². The van der Waals surface area contributed by atoms with E-state index in [1.54, 1.807) is 0 Å². The summed E-state index contributed by atoms with van der Waals surface area (Å²) >= 11 is 3.88. The number of para-hydroxylation sites is 2. The monoisotopic (exact) mass is 849 g/mol. The first-order valence-electron chi connectivity index (χ1n) is 22.3. The molecule has 13 rings (SSSR count). The normalized spacial score (nSPS) is 13.3. The smallest absolute Gasteiger partial charge is 0.247 e. The molecule has 2 aliphatic heterocycles. The third-order valence-electron chi connectivity index (χ3n) is 13.4. The number of benzene rings is 10. The summed E-state index contributed by atoms with van der Waals surface area (Å²) in [5.41, 5.74) is 18.3. The highest BCUT2D eigenvalue weighted by molar-refractivity contribution is 8.01. The zero-order chi connectivity index (χ0) is 42.1. The van der Waals surface area contributed by atoms with Gasteiger partial charge in [0.1, 0.15) is 0 Å². The predicted molar refractivity (Wildman–Crippen MR) is 276 cm³/mol. The summed E-state index contributed by atoms with van der Waals surface area (Å²) in [6.45, 7) is 0.156. The second-order valence-electron chi connectivity index (χ2n) is 17.0. The number of anilines is 3. The minimum atomic E-state index is 0.156. The molecule has 4 heteroatoms. The van der Waals surface area contributed by atoms with Crippen LogP contribution in [0.5, 0.6) is 0 Å². The van der Waals surface area contributed by atoms with E-state index in [9.17, 15) is 0 Å². The molecule has 10 aromatic rings. The van der Waals surface area contributed by atoms with Crippen molar-refractivity contribution in [3.63, 3.8) is 0 Å². The Morgan fingerprint density at radius 2 is 0.969 bits per heavy atom. The maximum Gasteiger partial charge on any atom is 0.247 e. The average Bonchev–Trinajstić information content (AvgIpc) is 3.36. The number of rotatable bonds is 6. The molecule has 1 aliphatic carbocycles. The van der Waals surface area contributed by atoms with E-state index in [1.165, 1.54) is 102 Å². The van der Waals surface area contributed by atoms with Crippen LogP contribution in [0.1, 0.15) is 17.5 Å². The van der Waals surface area contributed by atoms with E-state index in [2.05, 4.69) is 223 Å². The molecule has 0 spiro atoms. The number of nitrogens with zero attached hydrogens (tertiary/aromatic N) is 1. The number of allylic oxidation sites excluding steroid dienone is 1. The van der Waals surface area contributed by atoms with Crippen molar-refractivity contribution in [3.8, 4) is 33.4 Å². The Morgan fingerprint density at radius 3 is 1.69 bits per heavy atom. The Bertz CT molecular complexity index is 3470. The molecule has 0 fully saturated rings. The summed E-state index contributed by atoms with van der Waals surface area (Å²) in [4.78, 5) is 7.74. The first kappa shape index (κ1) is 37.6. The van der Waals surface area contributed by atoms with Crippen LogP contribution in [-0.2, 0) is 6.42 Å². The lowest BCUT2D eigenvalue weighted by atomic mass is 9.36. The van der Waals surface area contributed by atoms with Gasteiger partial charge in [0.2, 0.25) is 6.71 Å². The van der Waals surface area contributed by atoms with Gasteiger partial charge in [0.25, 0.3) is 0 Å². The third kappa shape index (κ3) is 6.04. The molecule has 64 heavy (non-hydrogen) atoms. The van der Waals surface area contributed by atoms with Crippen molar-refractivity contribution in [3.05, 3.63) is 223 Å². The van der Waals surface area contributed by atoms with Crippen LogP contribution in [0.15, 0.2) is 232 Å². The van der Waals surface area contributed by atoms with Gasteiger partial charge in [0.05, 0.1) is 0 Å². The fourth-order valence-corrected chi connectivity index (χ4v) is 13.2. The molecule has 0 saturated carbocycles. The van der Waals surface area contributed by atoms with Gasteiger partial charge in [0, 0.05) is 36.6 Å². The second kappa shape index (κ2) is 15.4. The van der Waals surface area contributed by atoms with Crippen LogP contribution in [-0.4, -0.2) is 6.71 Å². The van der Waals surface area contributed by atoms with E-state index in [-0.39, 0.29) is 6.71 Å². The summed E-state index contributed by atoms with van der Waals surface area (Å²) in [7, 11) is 0. The standard InChI is InChI=1S/C60H40BNS2/c1-4-18-39(19-5-1)44-33-34-51(46-25-11-10-24-45(44)46)59-49-28-14-12-26-47(49)58(48-27-13-15-29-50(48)59)40-36-56-60-57(37-40)64-55-38-43(32-35-53(55)61(60)52-30-16-17-31-54(52)63-56)62(41-20-6-2-7-21-41)42-22-8-3-9-23-42/h1-14,16-28,30-38H,15,29H2. The minimum absolute atomic E-state index is 0.156. The highest BCUT2D eigenvalue weighted by Gasteiger charge is 2.39. The molecule has 3 aliphatic rings. The summed E-state index contributed by atoms with van der Waals surface area (Å²) in [6, 6.07) is 76.6. The summed E-state index contributed by atoms with van der Waals surface area (Å²) in [6.07, 6.45) is 6.85. The molecule has 0 bridgehead atoms. The highest BCUT2D eigenvalue weighted by atomic mass is 32.2. The predicted octanol–water partition coefficient (Wildman–Crippen LogP) is 14.9. The van der Waals surface area contributed by atoms with Crippen LogP contribution < -0.4 is 21.3 Å². The molecule has 0 radical (unpaired) electrons. The Hall–Kier alpha value is -6.98. The largest absolute Gasteiger partial charge is 0.310 e. The molecule has 10 aromatic carbocycles. The summed E-state index contributed by atoms with van der Waals surface area (Å²) in [5, 5.41) is 5.20. The Balaban J connectivity index is 1.01. The van der Waals surface area contributed by atoms with Crippen LogP contribution in [0.4, 0.5) is 17.1 Å². The fourth-order valence-electron chi connectivity index (χ4n) is 10.7. The van der Waals surface area contributed by atoms with Crippen LogP contribution in [0.3, 0.4) is 0 Å². The Morgan fingerprint density at radius 1 is 0.406 bits per heavy atom. The van der Waals surface area contributed by atoms with Gasteiger partial charge in [-0.05, 0) is 139 Å². The number of hydrogen-bond donors (Lipinski definition) is 0. The zero-order valence-corrected chi connectivity index (χ0v) is 36.7. The number of hydrogen-bond acceptors (Lipinski definition) is 3. The lowest BCUT2D eigenvalue weighted by molar-refractivity contribution is 0.991. The first-order valence-corrected chi connectivity index (χ1v) is 23.9. The van der Waals surface area contributed by atoms with Crippen molar-refractivity contribution in [2.75, 3.05) is 4.90 Å². The molecule has 300 valence electrons. The Labute approximate surface area is 383 Å². The molecule has 1 nitrogen and oxygen atoms in total. The zero-order valence-electron chi connectivity index (χ0n) is 35.0. The van der Waals surface area contributed by atoms with Gasteiger partial charge in [0.15, 0.2) is 0 Å². The lowest BCUT2D eigenvalue weighted by Gasteiger charge is -2.34. The van der Waals surface area contributed by atoms with Crippen LogP contribution in [0.25, 0.3) is 61.0 Å². The average molecular weight is 850 g/mol. The van der Waals surface area contributed by atoms with Crippen molar-refractivity contribution < 1.29 is 0 Å². The van der Waals surface area contributed by atoms with Gasteiger partial charge < -0.3 is 4.90 Å². The number of fused-ring (bicyclic) bond motifs is 7. The molecular weight excluding hydrogens is 810 g/mol. The highest BCUT2D eigenvalue weighted by Crippen LogP contribution is 2.50. The van der Waals surface area contributed by atoms with Crippen LogP contribution >= 0.6 is 23.5 Å². The lowest BCUT2D eigenvalue weighted by Crippen LogP contribution is -2.58. The molecule has 0 N–H and O–H groups in total. The molecule has 0 saturated heterocycles. The van der Waals surface area contributed by atoms with E-state index in [4.69, 9.17) is 0 Å². The van der Waals surface area contributed by atoms with Gasteiger partial charge in [-0.25, -0.2) is 0 Å². The quantitative estimate of drug-likeness (QED) is 0.154. The first-order chi connectivity index (χ1) is 31.8. The van der Waals surface area contributed by atoms with Crippen molar-refractivity contribution in [2.45, 2.75) is 32.4 Å². The van der Waals surface area contributed by atoms with Crippen molar-refractivity contribution >= 4 is 91.3 Å². The molecule has 0 amide bonds. The molecule has 2 heterocycles. The van der Waals surface area contributed by atoms with Gasteiger partial charge in [-0.3, -0.25) is 0 Å². The van der Waals surface area contributed by atoms with Gasteiger partial charge in [-0.15, -0.1) is 0 Å². The molecule has 0 unspecified atom stereocenters. The van der Waals surface area contributed by atoms with Crippen LogP contribution in [0.2, 0.25) is 0 Å². The molecule has 0 atom stereocenters. The fraction of sp³-hybridized carbons (Fsp3) is 0.0333. The van der Waals surface area contributed by atoms with E-state index in [1.807, 2.05) is 23.5 Å². The Kier molecular flexibility index (Phi) is 9.03. The van der Waals surface area contributed by atoms with Crippen molar-refractivity contribution in [1.29, 1.82) is 0 Å². The second-order valence-corrected chi connectivity index (χ2v) is 19.2. The van der Waals surface area contributed by atoms with Gasteiger partial charge in [-0.2, -0.15) is 0 Å². The van der Waals surface area contributed by atoms with Crippen LogP contribution in [0, 0.1) is 0 Å². The summed E-state index contributed by atoms with van der Waals surface area (Å²) < 4.78 is 0. The molecule has 0 aromatic heterocycles. The van der Waals surface area contributed by atoms with Gasteiger partial charge >= 0.3 is 0 Å². The van der Waals surface area contributed by atoms with E-state index in [0.29, 0.717) is 0 Å². The minimum Gasteiger partial charge on any atom is -0.310 e. The van der Waals surface area contributed by atoms with Crippen molar-refractivity contribution in [2.24, 2.45) is 0 Å². The SMILES string of the molecule is C1=Cc2c(c(-c3ccc(-c4ccccc4)c4ccccc34)c3ccccc3c2-c2cc3c4c(c2)Sc2cc(N(c5ccccc5)c5ccccc5)ccc2B4c2ccccc2S3)CC1. The van der Waals surface area contributed by atoms with Crippen molar-refractivity contribution in [1.82, 2.24) is 0 Å². The van der Waals surface area contributed by atoms with E-state index in [0.717, 1.165) is 29.9 Å². The maximum atomic E-state index is 2.53.